The maximum absolute atomic E-state index is 11.9. The van der Waals surface area contributed by atoms with E-state index in [0.717, 1.165) is 11.1 Å². The van der Waals surface area contributed by atoms with E-state index < -0.39 is 18.6 Å². The first kappa shape index (κ1) is 15.3. The second-order valence-electron chi connectivity index (χ2n) is 4.19. The number of carbonyl (C=O) groups excluding carboxylic acids is 1. The number of nitrogens with one attached hydrogen (secondary N) is 1. The molecule has 0 heterocycles. The minimum atomic E-state index is -4.39. The summed E-state index contributed by atoms with van der Waals surface area (Å²) in [5, 5.41) is 1.79. The summed E-state index contributed by atoms with van der Waals surface area (Å²) in [5.41, 5.74) is 2.01. The average Bonchev–Trinajstić information content (AvgIpc) is 2.31. The molecular weight excluding hydrogens is 259 g/mol. The number of aryl methyl sites for hydroxylation is 1. The van der Waals surface area contributed by atoms with Crippen molar-refractivity contribution in [2.24, 2.45) is 0 Å². The number of hydrogen-bond acceptors (Lipinski definition) is 2. The molecule has 0 unspecified atom stereocenters. The molecule has 0 aromatic heterocycles. The van der Waals surface area contributed by atoms with Crippen molar-refractivity contribution in [3.63, 3.8) is 0 Å². The Kier molecular flexibility index (Phi) is 5.20. The van der Waals surface area contributed by atoms with E-state index in [4.69, 9.17) is 4.74 Å². The number of alkyl halides is 3. The summed E-state index contributed by atoms with van der Waals surface area (Å²) in [6.45, 7) is 2.55. The molecule has 0 aliphatic carbocycles. The van der Waals surface area contributed by atoms with Gasteiger partial charge in [0.2, 0.25) is 5.91 Å². The van der Waals surface area contributed by atoms with E-state index in [9.17, 15) is 18.0 Å². The molecule has 0 aliphatic rings. The van der Waals surface area contributed by atoms with Crippen LogP contribution in [0.15, 0.2) is 18.2 Å². The summed E-state index contributed by atoms with van der Waals surface area (Å²) in [6.07, 6.45) is -4.49. The van der Waals surface area contributed by atoms with Crippen molar-refractivity contribution in [2.45, 2.75) is 26.4 Å². The van der Waals surface area contributed by atoms with Crippen LogP contribution in [0.4, 0.5) is 13.2 Å². The third-order valence-electron chi connectivity index (χ3n) is 2.63. The molecule has 1 N–H and O–H groups in total. The van der Waals surface area contributed by atoms with Gasteiger partial charge in [-0.05, 0) is 31.0 Å². The maximum Gasteiger partial charge on any atom is 0.405 e. The van der Waals surface area contributed by atoms with Crippen molar-refractivity contribution in [3.8, 4) is 5.75 Å². The van der Waals surface area contributed by atoms with E-state index in [1.54, 1.807) is 11.4 Å². The number of amides is 1. The highest BCUT2D eigenvalue weighted by Crippen LogP contribution is 2.20. The fourth-order valence-corrected chi connectivity index (χ4v) is 1.42. The fourth-order valence-electron chi connectivity index (χ4n) is 1.42. The highest BCUT2D eigenvalue weighted by Gasteiger charge is 2.27. The first-order valence-corrected chi connectivity index (χ1v) is 5.82. The molecule has 0 spiro atoms. The van der Waals surface area contributed by atoms with Crippen molar-refractivity contribution in [1.82, 2.24) is 5.32 Å². The van der Waals surface area contributed by atoms with Crippen molar-refractivity contribution in [3.05, 3.63) is 29.3 Å². The molecule has 0 saturated carbocycles. The summed E-state index contributed by atoms with van der Waals surface area (Å²) in [6, 6.07) is 5.51. The maximum atomic E-state index is 11.9. The summed E-state index contributed by atoms with van der Waals surface area (Å²) in [7, 11) is 0. The van der Waals surface area contributed by atoms with Gasteiger partial charge >= 0.3 is 6.18 Å². The molecule has 1 aromatic rings. The zero-order chi connectivity index (χ0) is 14.5. The predicted molar refractivity (Wildman–Crippen MR) is 65.1 cm³/mol. The van der Waals surface area contributed by atoms with Crippen LogP contribution >= 0.6 is 0 Å². The van der Waals surface area contributed by atoms with Gasteiger partial charge in [0.1, 0.15) is 12.3 Å². The minimum absolute atomic E-state index is 0.0496. The second-order valence-corrected chi connectivity index (χ2v) is 4.19. The van der Waals surface area contributed by atoms with E-state index in [2.05, 4.69) is 0 Å². The SMILES string of the molecule is Cc1cccc(OCCC(=O)NCC(F)(F)F)c1C. The van der Waals surface area contributed by atoms with E-state index in [0.29, 0.717) is 5.75 Å². The molecule has 6 heteroatoms. The Bertz CT molecular complexity index is 444. The number of ether oxygens (including phenoxy) is 1. The normalized spacial score (nSPS) is 11.2. The molecule has 0 fully saturated rings. The molecule has 106 valence electrons. The molecule has 1 amide bonds. The van der Waals surface area contributed by atoms with Crippen LogP contribution in [0.5, 0.6) is 5.75 Å². The van der Waals surface area contributed by atoms with Gasteiger partial charge < -0.3 is 10.1 Å². The van der Waals surface area contributed by atoms with Gasteiger partial charge in [-0.3, -0.25) is 4.79 Å². The van der Waals surface area contributed by atoms with Gasteiger partial charge in [-0.15, -0.1) is 0 Å². The largest absolute Gasteiger partial charge is 0.493 e. The Labute approximate surface area is 109 Å². The minimum Gasteiger partial charge on any atom is -0.493 e. The highest BCUT2D eigenvalue weighted by atomic mass is 19.4. The van der Waals surface area contributed by atoms with Crippen LogP contribution < -0.4 is 10.1 Å². The third kappa shape index (κ3) is 5.63. The van der Waals surface area contributed by atoms with Crippen LogP contribution in [0.1, 0.15) is 17.5 Å². The molecular formula is C13H16F3NO2. The number of halogens is 3. The summed E-state index contributed by atoms with van der Waals surface area (Å²) < 4.78 is 40.9. The Morgan fingerprint density at radius 1 is 1.32 bits per heavy atom. The van der Waals surface area contributed by atoms with Gasteiger partial charge in [0.05, 0.1) is 13.0 Å². The zero-order valence-electron chi connectivity index (χ0n) is 10.8. The number of carbonyl (C=O) groups is 1. The number of hydrogen-bond donors (Lipinski definition) is 1. The van der Waals surface area contributed by atoms with Gasteiger partial charge in [-0.25, -0.2) is 0 Å². The van der Waals surface area contributed by atoms with Crippen molar-refractivity contribution in [1.29, 1.82) is 0 Å². The molecule has 3 nitrogen and oxygen atoms in total. The van der Waals surface area contributed by atoms with Crippen LogP contribution in [0.25, 0.3) is 0 Å². The number of benzene rings is 1. The zero-order valence-corrected chi connectivity index (χ0v) is 10.8. The van der Waals surface area contributed by atoms with E-state index in [1.807, 2.05) is 26.0 Å². The van der Waals surface area contributed by atoms with Crippen LogP contribution in [0.2, 0.25) is 0 Å². The lowest BCUT2D eigenvalue weighted by Crippen LogP contribution is -2.34. The monoisotopic (exact) mass is 275 g/mol. The lowest BCUT2D eigenvalue weighted by atomic mass is 10.1. The number of rotatable bonds is 5. The van der Waals surface area contributed by atoms with E-state index >= 15 is 0 Å². The van der Waals surface area contributed by atoms with Crippen LogP contribution in [-0.2, 0) is 4.79 Å². The molecule has 0 saturated heterocycles. The fraction of sp³-hybridized carbons (Fsp3) is 0.462. The Balaban J connectivity index is 2.34. The van der Waals surface area contributed by atoms with Crippen molar-refractivity contribution < 1.29 is 22.7 Å². The molecule has 1 rings (SSSR count). The summed E-state index contributed by atoms with van der Waals surface area (Å²) >= 11 is 0. The molecule has 19 heavy (non-hydrogen) atoms. The van der Waals surface area contributed by atoms with E-state index in [-0.39, 0.29) is 13.0 Å². The van der Waals surface area contributed by atoms with Gasteiger partial charge in [-0.2, -0.15) is 13.2 Å². The third-order valence-corrected chi connectivity index (χ3v) is 2.63. The molecule has 0 atom stereocenters. The first-order chi connectivity index (χ1) is 8.79. The Morgan fingerprint density at radius 3 is 2.63 bits per heavy atom. The van der Waals surface area contributed by atoms with Crippen LogP contribution in [-0.4, -0.2) is 25.2 Å². The molecule has 0 bridgehead atoms. The van der Waals surface area contributed by atoms with Crippen LogP contribution in [0, 0.1) is 13.8 Å². The van der Waals surface area contributed by atoms with Gasteiger partial charge in [0, 0.05) is 0 Å². The smallest absolute Gasteiger partial charge is 0.405 e. The quantitative estimate of drug-likeness (QED) is 0.897. The predicted octanol–water partition coefficient (Wildman–Crippen LogP) is 2.75. The topological polar surface area (TPSA) is 38.3 Å². The van der Waals surface area contributed by atoms with Crippen molar-refractivity contribution >= 4 is 5.91 Å². The van der Waals surface area contributed by atoms with Gasteiger partial charge in [-0.1, -0.05) is 12.1 Å². The first-order valence-electron chi connectivity index (χ1n) is 5.82. The standard InChI is InChI=1S/C13H16F3NO2/c1-9-4-3-5-11(10(9)2)19-7-6-12(18)17-8-13(14,15)16/h3-5H,6-8H2,1-2H3,(H,17,18). The lowest BCUT2D eigenvalue weighted by molar-refractivity contribution is -0.138. The van der Waals surface area contributed by atoms with Gasteiger partial charge in [0.15, 0.2) is 0 Å². The van der Waals surface area contributed by atoms with Gasteiger partial charge in [0.25, 0.3) is 0 Å². The lowest BCUT2D eigenvalue weighted by Gasteiger charge is -2.11. The van der Waals surface area contributed by atoms with Crippen LogP contribution in [0.3, 0.4) is 0 Å². The molecule has 1 aromatic carbocycles. The summed E-state index contributed by atoms with van der Waals surface area (Å²) in [5.74, 6) is -0.0359. The highest BCUT2D eigenvalue weighted by molar-refractivity contribution is 5.76. The average molecular weight is 275 g/mol. The summed E-state index contributed by atoms with van der Waals surface area (Å²) in [4.78, 5) is 11.1. The molecule has 0 aliphatic heterocycles. The van der Waals surface area contributed by atoms with Crippen molar-refractivity contribution in [2.75, 3.05) is 13.2 Å². The second kappa shape index (κ2) is 6.45. The molecule has 0 radical (unpaired) electrons. The van der Waals surface area contributed by atoms with E-state index in [1.165, 1.54) is 0 Å². The Morgan fingerprint density at radius 2 is 2.00 bits per heavy atom. The Hall–Kier alpha value is -1.72.